The molecule has 0 unspecified atom stereocenters. The van der Waals surface area contributed by atoms with Crippen molar-refractivity contribution in [1.82, 2.24) is 20.6 Å². The van der Waals surface area contributed by atoms with Crippen molar-refractivity contribution in [2.24, 2.45) is 0 Å². The summed E-state index contributed by atoms with van der Waals surface area (Å²) in [6, 6.07) is 12.4. The van der Waals surface area contributed by atoms with Gasteiger partial charge in [0.05, 0.1) is 5.56 Å². The zero-order valence-corrected chi connectivity index (χ0v) is 12.4. The fourth-order valence-electron chi connectivity index (χ4n) is 2.33. The highest BCUT2D eigenvalue weighted by molar-refractivity contribution is 6.31. The number of aromatic nitrogens is 4. The number of benzene rings is 2. The van der Waals surface area contributed by atoms with Gasteiger partial charge in [0.1, 0.15) is 5.75 Å². The van der Waals surface area contributed by atoms with E-state index in [1.165, 1.54) is 0 Å². The average molecular weight is 325 g/mol. The first-order valence-corrected chi connectivity index (χ1v) is 7.16. The molecule has 6 nitrogen and oxygen atoms in total. The minimum atomic E-state index is -0.175. The molecule has 2 aromatic carbocycles. The normalized spacial score (nSPS) is 14.8. The number of nitrogens with one attached hydrogen (secondary N) is 1. The minimum Gasteiger partial charge on any atom is -0.452 e. The van der Waals surface area contributed by atoms with Crippen LogP contribution in [0, 0.1) is 0 Å². The molecule has 23 heavy (non-hydrogen) atoms. The van der Waals surface area contributed by atoms with Crippen LogP contribution in [-0.2, 0) is 0 Å². The number of fused-ring (bicyclic) bond motifs is 1. The fraction of sp³-hybridized carbons (Fsp3) is 0. The van der Waals surface area contributed by atoms with Gasteiger partial charge in [-0.3, -0.25) is 4.79 Å². The van der Waals surface area contributed by atoms with Crippen molar-refractivity contribution in [3.8, 4) is 17.1 Å². The van der Waals surface area contributed by atoms with E-state index in [0.717, 1.165) is 11.1 Å². The maximum absolute atomic E-state index is 12.3. The largest absolute Gasteiger partial charge is 0.452 e. The van der Waals surface area contributed by atoms with E-state index in [9.17, 15) is 4.79 Å². The molecule has 0 saturated heterocycles. The maximum atomic E-state index is 12.3. The lowest BCUT2D eigenvalue weighted by Gasteiger charge is -2.00. The third-order valence-electron chi connectivity index (χ3n) is 3.46. The smallest absolute Gasteiger partial charge is 0.232 e. The van der Waals surface area contributed by atoms with Crippen molar-refractivity contribution in [2.45, 2.75) is 0 Å². The Morgan fingerprint density at radius 1 is 1.13 bits per heavy atom. The van der Waals surface area contributed by atoms with Gasteiger partial charge in [0.15, 0.2) is 11.6 Å². The third-order valence-corrected chi connectivity index (χ3v) is 3.69. The van der Waals surface area contributed by atoms with Gasteiger partial charge in [-0.1, -0.05) is 35.9 Å². The number of aromatic amines is 1. The molecule has 4 rings (SSSR count). The molecule has 0 amide bonds. The van der Waals surface area contributed by atoms with Gasteiger partial charge in [0, 0.05) is 10.6 Å². The van der Waals surface area contributed by atoms with Crippen molar-refractivity contribution in [1.29, 1.82) is 0 Å². The number of H-pyrrole nitrogens is 1. The molecular weight excluding hydrogens is 316 g/mol. The summed E-state index contributed by atoms with van der Waals surface area (Å²) in [5.74, 6) is 1.21. The number of carbonyl (C=O) groups is 1. The minimum absolute atomic E-state index is 0.175. The maximum Gasteiger partial charge on any atom is 0.232 e. The number of Topliss-reactive ketones (excluding diaryl/α,β-unsaturated/α-hetero) is 1. The highest BCUT2D eigenvalue weighted by Gasteiger charge is 2.27. The van der Waals surface area contributed by atoms with Gasteiger partial charge in [-0.2, -0.15) is 0 Å². The Morgan fingerprint density at radius 3 is 2.70 bits per heavy atom. The van der Waals surface area contributed by atoms with E-state index in [0.29, 0.717) is 22.2 Å². The summed E-state index contributed by atoms with van der Waals surface area (Å²) in [6.45, 7) is 0. The second-order valence-electron chi connectivity index (χ2n) is 4.95. The Balaban J connectivity index is 1.63. The summed E-state index contributed by atoms with van der Waals surface area (Å²) in [7, 11) is 0. The van der Waals surface area contributed by atoms with Gasteiger partial charge in [-0.15, -0.1) is 5.10 Å². The number of carbonyl (C=O) groups excluding carboxylic acids is 1. The van der Waals surface area contributed by atoms with E-state index in [-0.39, 0.29) is 11.5 Å². The molecule has 2 heterocycles. The predicted octanol–water partition coefficient (Wildman–Crippen LogP) is 3.14. The number of nitrogens with zero attached hydrogens (tertiary/aromatic N) is 3. The molecule has 0 atom stereocenters. The Hall–Kier alpha value is -2.99. The number of hydrogen-bond donors (Lipinski definition) is 1. The first-order valence-electron chi connectivity index (χ1n) is 6.79. The lowest BCUT2D eigenvalue weighted by Crippen LogP contribution is -1.98. The highest BCUT2D eigenvalue weighted by Crippen LogP contribution is 2.33. The molecule has 3 aromatic rings. The quantitative estimate of drug-likeness (QED) is 0.732. The molecule has 0 fully saturated rings. The van der Waals surface area contributed by atoms with Gasteiger partial charge in [-0.05, 0) is 40.3 Å². The molecule has 1 N–H and O–H groups in total. The average Bonchev–Trinajstić information content (AvgIpc) is 3.19. The van der Waals surface area contributed by atoms with Crippen LogP contribution in [0.1, 0.15) is 15.9 Å². The predicted molar refractivity (Wildman–Crippen MR) is 84.0 cm³/mol. The highest BCUT2D eigenvalue weighted by atomic mass is 35.5. The topological polar surface area (TPSA) is 80.8 Å². The van der Waals surface area contributed by atoms with E-state index in [1.807, 2.05) is 24.3 Å². The molecule has 0 saturated carbocycles. The van der Waals surface area contributed by atoms with Crippen molar-refractivity contribution in [3.63, 3.8) is 0 Å². The second-order valence-corrected chi connectivity index (χ2v) is 5.39. The van der Waals surface area contributed by atoms with Crippen LogP contribution in [0.15, 0.2) is 48.2 Å². The van der Waals surface area contributed by atoms with E-state index in [1.54, 1.807) is 24.3 Å². The van der Waals surface area contributed by atoms with Gasteiger partial charge in [0.2, 0.25) is 5.78 Å². The Morgan fingerprint density at radius 2 is 1.96 bits per heavy atom. The van der Waals surface area contributed by atoms with Gasteiger partial charge < -0.3 is 4.74 Å². The molecule has 0 aliphatic carbocycles. The van der Waals surface area contributed by atoms with Crippen molar-refractivity contribution in [2.75, 3.05) is 0 Å². The summed E-state index contributed by atoms with van der Waals surface area (Å²) in [5.41, 5.74) is 2.17. The van der Waals surface area contributed by atoms with Crippen LogP contribution in [0.2, 0.25) is 5.02 Å². The lowest BCUT2D eigenvalue weighted by molar-refractivity contribution is 0.101. The second kappa shape index (κ2) is 5.33. The molecule has 1 aliphatic rings. The Bertz CT molecular complexity index is 918. The number of halogens is 1. The Kier molecular flexibility index (Phi) is 3.17. The molecule has 7 heteroatoms. The van der Waals surface area contributed by atoms with Crippen molar-refractivity contribution in [3.05, 3.63) is 64.4 Å². The van der Waals surface area contributed by atoms with Crippen LogP contribution < -0.4 is 4.74 Å². The monoisotopic (exact) mass is 324 g/mol. The van der Waals surface area contributed by atoms with Gasteiger partial charge in [0.25, 0.3) is 0 Å². The first-order chi connectivity index (χ1) is 11.2. The number of rotatable bonds is 2. The van der Waals surface area contributed by atoms with E-state index in [4.69, 9.17) is 16.3 Å². The molecule has 112 valence electrons. The third kappa shape index (κ3) is 2.49. The van der Waals surface area contributed by atoms with Crippen LogP contribution in [0.4, 0.5) is 0 Å². The van der Waals surface area contributed by atoms with Gasteiger partial charge in [-0.25, -0.2) is 5.10 Å². The van der Waals surface area contributed by atoms with Crippen LogP contribution in [0.5, 0.6) is 5.75 Å². The summed E-state index contributed by atoms with van der Waals surface area (Å²) >= 11 is 5.92. The van der Waals surface area contributed by atoms with Gasteiger partial charge >= 0.3 is 0 Å². The van der Waals surface area contributed by atoms with Crippen molar-refractivity contribution < 1.29 is 9.53 Å². The summed E-state index contributed by atoms with van der Waals surface area (Å²) in [5, 5.41) is 14.1. The van der Waals surface area contributed by atoms with Crippen LogP contribution in [0.3, 0.4) is 0 Å². The fourth-order valence-corrected chi connectivity index (χ4v) is 2.50. The first kappa shape index (κ1) is 13.7. The number of hydrogen-bond acceptors (Lipinski definition) is 5. The summed E-state index contributed by atoms with van der Waals surface area (Å²) < 4.78 is 5.60. The SMILES string of the molecule is O=C1/C(=C/c2ccc(-c3nnn[nH]3)cc2)Oc2ccc(Cl)cc21. The number of ether oxygens (including phenoxy) is 1. The van der Waals surface area contributed by atoms with E-state index in [2.05, 4.69) is 20.6 Å². The standard InChI is InChI=1S/C16H9ClN4O2/c17-11-5-6-13-12(8-11)15(22)14(23-13)7-9-1-3-10(4-2-9)16-18-20-21-19-16/h1-8H,(H,18,19,20,21)/b14-7-. The van der Waals surface area contributed by atoms with Crippen LogP contribution in [-0.4, -0.2) is 26.4 Å². The molecule has 0 radical (unpaired) electrons. The number of ketones is 1. The molecule has 0 spiro atoms. The molecule has 1 aliphatic heterocycles. The zero-order valence-electron chi connectivity index (χ0n) is 11.7. The number of allylic oxidation sites excluding steroid dienone is 1. The molecule has 0 bridgehead atoms. The lowest BCUT2D eigenvalue weighted by atomic mass is 10.1. The van der Waals surface area contributed by atoms with E-state index < -0.39 is 0 Å². The number of tetrazole rings is 1. The van der Waals surface area contributed by atoms with Crippen LogP contribution in [0.25, 0.3) is 17.5 Å². The molecular formula is C16H9ClN4O2. The molecule has 1 aromatic heterocycles. The summed E-state index contributed by atoms with van der Waals surface area (Å²) in [4.78, 5) is 12.3. The zero-order chi connectivity index (χ0) is 15.8. The van der Waals surface area contributed by atoms with Crippen molar-refractivity contribution >= 4 is 23.5 Å². The van der Waals surface area contributed by atoms with E-state index >= 15 is 0 Å². The van der Waals surface area contributed by atoms with Crippen LogP contribution >= 0.6 is 11.6 Å². The summed E-state index contributed by atoms with van der Waals surface area (Å²) in [6.07, 6.45) is 1.69. The Labute approximate surface area is 135 Å².